The zero-order valence-corrected chi connectivity index (χ0v) is 10.3. The number of nitrogens with one attached hydrogen (secondary N) is 1. The van der Waals surface area contributed by atoms with Crippen molar-refractivity contribution in [2.45, 2.75) is 13.5 Å². The second-order valence-corrected chi connectivity index (χ2v) is 4.37. The van der Waals surface area contributed by atoms with Crippen LogP contribution in [0.5, 0.6) is 0 Å². The van der Waals surface area contributed by atoms with Crippen LogP contribution in [0.3, 0.4) is 0 Å². The average molecular weight is 269 g/mol. The van der Waals surface area contributed by atoms with Crippen LogP contribution in [0.15, 0.2) is 34.0 Å². The summed E-state index contributed by atoms with van der Waals surface area (Å²) < 4.78 is 14.7. The minimum Gasteiger partial charge on any atom is -0.296 e. The van der Waals surface area contributed by atoms with E-state index in [-0.39, 0.29) is 12.1 Å². The van der Waals surface area contributed by atoms with Crippen LogP contribution >= 0.6 is 11.6 Å². The SMILES string of the molecule is Cc1cn(Cc2cc(Cl)ccc2F)c(=O)[nH]c1=O. The molecule has 0 spiro atoms. The molecule has 0 atom stereocenters. The summed E-state index contributed by atoms with van der Waals surface area (Å²) in [6.07, 6.45) is 1.39. The van der Waals surface area contributed by atoms with Crippen LogP contribution < -0.4 is 11.2 Å². The topological polar surface area (TPSA) is 54.9 Å². The Hall–Kier alpha value is -1.88. The molecule has 0 radical (unpaired) electrons. The number of hydrogen-bond acceptors (Lipinski definition) is 2. The molecule has 4 nitrogen and oxygen atoms in total. The van der Waals surface area contributed by atoms with Crippen molar-refractivity contribution in [1.29, 1.82) is 0 Å². The molecule has 2 rings (SSSR count). The van der Waals surface area contributed by atoms with E-state index in [0.717, 1.165) is 0 Å². The minimum atomic E-state index is -0.579. The summed E-state index contributed by atoms with van der Waals surface area (Å²) in [5.41, 5.74) is -0.346. The second-order valence-electron chi connectivity index (χ2n) is 3.94. The molecule has 1 N–H and O–H groups in total. The molecule has 6 heteroatoms. The molecule has 0 aliphatic carbocycles. The molecule has 0 amide bonds. The van der Waals surface area contributed by atoms with Crippen molar-refractivity contribution < 1.29 is 4.39 Å². The molecule has 0 bridgehead atoms. The summed E-state index contributed by atoms with van der Waals surface area (Å²) in [6.45, 7) is 1.59. The third-order valence-corrected chi connectivity index (χ3v) is 2.77. The Balaban J connectivity index is 2.46. The number of rotatable bonds is 2. The fourth-order valence-corrected chi connectivity index (χ4v) is 1.78. The van der Waals surface area contributed by atoms with Crippen LogP contribution in [0.2, 0.25) is 5.02 Å². The number of benzene rings is 1. The monoisotopic (exact) mass is 268 g/mol. The molecule has 0 saturated heterocycles. The van der Waals surface area contributed by atoms with E-state index in [1.165, 1.54) is 29.0 Å². The summed E-state index contributed by atoms with van der Waals surface area (Å²) in [6, 6.07) is 4.12. The molecule has 94 valence electrons. The highest BCUT2D eigenvalue weighted by Crippen LogP contribution is 2.15. The fourth-order valence-electron chi connectivity index (χ4n) is 1.58. The van der Waals surface area contributed by atoms with Crippen LogP contribution in [0.4, 0.5) is 4.39 Å². The van der Waals surface area contributed by atoms with Gasteiger partial charge < -0.3 is 0 Å². The zero-order valence-electron chi connectivity index (χ0n) is 9.54. The highest BCUT2D eigenvalue weighted by atomic mass is 35.5. The number of halogens is 2. The van der Waals surface area contributed by atoms with Crippen molar-refractivity contribution in [2.24, 2.45) is 0 Å². The van der Waals surface area contributed by atoms with Gasteiger partial charge in [0.25, 0.3) is 5.56 Å². The molecule has 1 aromatic heterocycles. The lowest BCUT2D eigenvalue weighted by molar-refractivity contribution is 0.592. The van der Waals surface area contributed by atoms with Gasteiger partial charge in [-0.1, -0.05) is 11.6 Å². The van der Waals surface area contributed by atoms with Gasteiger partial charge in [-0.25, -0.2) is 9.18 Å². The van der Waals surface area contributed by atoms with Crippen molar-refractivity contribution in [3.8, 4) is 0 Å². The third-order valence-electron chi connectivity index (χ3n) is 2.54. The average Bonchev–Trinajstić information content (AvgIpc) is 2.30. The predicted octanol–water partition coefficient (Wildman–Crippen LogP) is 1.69. The predicted molar refractivity (Wildman–Crippen MR) is 66.6 cm³/mol. The fraction of sp³-hybridized carbons (Fsp3) is 0.167. The van der Waals surface area contributed by atoms with Gasteiger partial charge in [0.2, 0.25) is 0 Å². The van der Waals surface area contributed by atoms with Gasteiger partial charge in [0.05, 0.1) is 6.54 Å². The first-order chi connectivity index (χ1) is 8.47. The first kappa shape index (κ1) is 12.6. The Labute approximate surface area is 107 Å². The molecule has 0 aliphatic heterocycles. The molecule has 18 heavy (non-hydrogen) atoms. The number of hydrogen-bond donors (Lipinski definition) is 1. The maximum atomic E-state index is 13.5. The Bertz CT molecular complexity index is 706. The van der Waals surface area contributed by atoms with Gasteiger partial charge in [-0.05, 0) is 25.1 Å². The van der Waals surface area contributed by atoms with Crippen molar-refractivity contribution >= 4 is 11.6 Å². The van der Waals surface area contributed by atoms with E-state index in [1.807, 2.05) is 0 Å². The van der Waals surface area contributed by atoms with E-state index in [4.69, 9.17) is 11.6 Å². The molecule has 1 heterocycles. The van der Waals surface area contributed by atoms with E-state index < -0.39 is 17.1 Å². The van der Waals surface area contributed by atoms with Crippen molar-refractivity contribution in [3.63, 3.8) is 0 Å². The van der Waals surface area contributed by atoms with Crippen molar-refractivity contribution in [3.05, 3.63) is 67.2 Å². The summed E-state index contributed by atoms with van der Waals surface area (Å²) >= 11 is 5.77. The Morgan fingerprint density at radius 2 is 2.11 bits per heavy atom. The lowest BCUT2D eigenvalue weighted by atomic mass is 10.2. The largest absolute Gasteiger partial charge is 0.328 e. The van der Waals surface area contributed by atoms with Crippen LogP contribution in [-0.4, -0.2) is 9.55 Å². The molecule has 0 fully saturated rings. The maximum absolute atomic E-state index is 13.5. The molecule has 0 unspecified atom stereocenters. The first-order valence-electron chi connectivity index (χ1n) is 5.21. The molecule has 0 aliphatic rings. The summed E-state index contributed by atoms with van der Waals surface area (Å²) in [7, 11) is 0. The lowest BCUT2D eigenvalue weighted by Gasteiger charge is -2.07. The quantitative estimate of drug-likeness (QED) is 0.901. The number of aryl methyl sites for hydroxylation is 1. The van der Waals surface area contributed by atoms with E-state index in [9.17, 15) is 14.0 Å². The highest BCUT2D eigenvalue weighted by Gasteiger charge is 2.06. The first-order valence-corrected chi connectivity index (χ1v) is 5.59. The normalized spacial score (nSPS) is 10.6. The summed E-state index contributed by atoms with van der Waals surface area (Å²) in [5.74, 6) is -0.449. The molecule has 2 aromatic rings. The van der Waals surface area contributed by atoms with Gasteiger partial charge in [0.1, 0.15) is 5.82 Å². The van der Waals surface area contributed by atoms with Crippen LogP contribution in [-0.2, 0) is 6.54 Å². The van der Waals surface area contributed by atoms with Gasteiger partial charge in [-0.2, -0.15) is 0 Å². The van der Waals surface area contributed by atoms with Crippen molar-refractivity contribution in [1.82, 2.24) is 9.55 Å². The molecule has 0 saturated carbocycles. The molecule has 1 aromatic carbocycles. The number of H-pyrrole nitrogens is 1. The third kappa shape index (κ3) is 2.51. The van der Waals surface area contributed by atoms with Gasteiger partial charge in [0.15, 0.2) is 0 Å². The van der Waals surface area contributed by atoms with Gasteiger partial charge in [0, 0.05) is 22.3 Å². The summed E-state index contributed by atoms with van der Waals surface area (Å²) in [4.78, 5) is 24.9. The Morgan fingerprint density at radius 1 is 1.39 bits per heavy atom. The number of aromatic amines is 1. The van der Waals surface area contributed by atoms with Gasteiger partial charge in [-0.3, -0.25) is 14.3 Å². The van der Waals surface area contributed by atoms with Crippen LogP contribution in [0.1, 0.15) is 11.1 Å². The lowest BCUT2D eigenvalue weighted by Crippen LogP contribution is -2.31. The highest BCUT2D eigenvalue weighted by molar-refractivity contribution is 6.30. The van der Waals surface area contributed by atoms with E-state index in [2.05, 4.69) is 4.98 Å². The van der Waals surface area contributed by atoms with E-state index in [1.54, 1.807) is 6.92 Å². The van der Waals surface area contributed by atoms with E-state index in [0.29, 0.717) is 10.6 Å². The molecular formula is C12H10ClFN2O2. The Morgan fingerprint density at radius 3 is 2.83 bits per heavy atom. The smallest absolute Gasteiger partial charge is 0.296 e. The Kier molecular flexibility index (Phi) is 3.34. The van der Waals surface area contributed by atoms with Gasteiger partial charge >= 0.3 is 5.69 Å². The number of nitrogens with zero attached hydrogens (tertiary/aromatic N) is 1. The van der Waals surface area contributed by atoms with Gasteiger partial charge in [-0.15, -0.1) is 0 Å². The molecular weight excluding hydrogens is 259 g/mol. The number of aromatic nitrogens is 2. The standard InChI is InChI=1S/C12H10ClFN2O2/c1-7-5-16(12(18)15-11(7)17)6-8-4-9(13)2-3-10(8)14/h2-5H,6H2,1H3,(H,15,17,18). The summed E-state index contributed by atoms with van der Waals surface area (Å²) in [5, 5.41) is 0.389. The van der Waals surface area contributed by atoms with Crippen molar-refractivity contribution in [2.75, 3.05) is 0 Å². The maximum Gasteiger partial charge on any atom is 0.328 e. The second kappa shape index (κ2) is 4.78. The van der Waals surface area contributed by atoms with Crippen LogP contribution in [0, 0.1) is 12.7 Å². The van der Waals surface area contributed by atoms with Crippen LogP contribution in [0.25, 0.3) is 0 Å². The minimum absolute atomic E-state index is 0.0167. The zero-order chi connectivity index (χ0) is 13.3. The van der Waals surface area contributed by atoms with E-state index >= 15 is 0 Å².